The summed E-state index contributed by atoms with van der Waals surface area (Å²) in [5, 5.41) is 16.6. The van der Waals surface area contributed by atoms with E-state index in [4.69, 9.17) is 22.9 Å². The van der Waals surface area contributed by atoms with Crippen molar-refractivity contribution in [3.05, 3.63) is 0 Å². The van der Waals surface area contributed by atoms with Crippen LogP contribution in [-0.2, 0) is 90.2 Å². The fraction of sp³-hybridized carbons (Fsp3) is 0.721. The topological polar surface area (TPSA) is 393 Å². The maximum Gasteiger partial charge on any atom is 0.243 e. The predicted molar refractivity (Wildman–Crippen MR) is 326 cm³/mol. The Bertz CT molecular complexity index is 1270. The molecular weight excluding hydrogens is 1210 g/mol. The summed E-state index contributed by atoms with van der Waals surface area (Å²) in [5.74, 6) is -2.64. The number of thiol groups is 8. The molecule has 0 aromatic rings. The van der Waals surface area contributed by atoms with Gasteiger partial charge in [-0.2, -0.15) is 101 Å². The van der Waals surface area contributed by atoms with Crippen molar-refractivity contribution in [3.63, 3.8) is 0 Å². The van der Waals surface area contributed by atoms with Crippen molar-refractivity contribution >= 4 is 174 Å². The van der Waals surface area contributed by atoms with Gasteiger partial charge in [-0.15, -0.1) is 0 Å². The number of aldehydes is 1. The molecule has 75 heavy (non-hydrogen) atoms. The number of nitrogens with one attached hydrogen (secondary N) is 7. The maximum absolute atomic E-state index is 11.7. The normalized spacial score (nSPS) is 12.0. The van der Waals surface area contributed by atoms with E-state index >= 15 is 0 Å². The van der Waals surface area contributed by atoms with Crippen LogP contribution in [0.15, 0.2) is 0 Å². The number of rotatable bonds is 32. The third-order valence-corrected chi connectivity index (χ3v) is 10.1. The molecule has 1 radical (unpaired) electrons. The van der Waals surface area contributed by atoms with Crippen LogP contribution in [0.4, 0.5) is 0 Å². The molecule has 0 aliphatic carbocycles. The Morgan fingerprint density at radius 2 is 0.573 bits per heavy atom. The smallest absolute Gasteiger partial charge is 0.243 e. The summed E-state index contributed by atoms with van der Waals surface area (Å²) in [6, 6.07) is -5.46. The molecule has 0 aliphatic heterocycles. The zero-order chi connectivity index (χ0) is 58.2. The number of amides is 11. The Kier molecular flexibility index (Phi) is 96.7. The van der Waals surface area contributed by atoms with E-state index in [9.17, 15) is 57.5 Å². The standard InChI is InChI=1S/C9H16N2O3S2.3C8H15N3O3S2.4C2H6.2CH4.Y/c10-8(13)7(5-16)11-9(14)6(1-3-12)2-4-15;3*9-7(13)6(3-16)11-8(14)5(1-2-15)10-4-12;4*1-2;;;/h3,6-7,15-16H,1-2,4-5H2,(H2,10,13)(H,11,14);3*4-6,15-16H,1-3H2,(H2,9,13)(H,10,12)(H,11,14);4*1-2H3;2*1H4;. The molecule has 0 aliphatic rings. The number of hydrogen-bond donors (Lipinski definition) is 19. The van der Waals surface area contributed by atoms with Crippen LogP contribution in [0.25, 0.3) is 0 Å². The minimum atomic E-state index is -0.841. The largest absolute Gasteiger partial charge is 0.368 e. The number of primary amides is 4. The molecular formula is C43H93N11O12S8Y. The Morgan fingerprint density at radius 3 is 0.720 bits per heavy atom. The van der Waals surface area contributed by atoms with Crippen LogP contribution >= 0.6 is 101 Å². The number of hydrogen-bond acceptors (Lipinski definition) is 20. The first-order valence-electron chi connectivity index (χ1n) is 22.5. The van der Waals surface area contributed by atoms with Crippen LogP contribution in [0.2, 0.25) is 0 Å². The summed E-state index contributed by atoms with van der Waals surface area (Å²) in [6.45, 7) is 16.0. The molecule has 0 saturated carbocycles. The number of carbonyl (C=O) groups is 12. The SMILES string of the molecule is C.C.CC.CC.CC.CC.NC(=O)C(CS)NC(=O)C(CC=O)CCS.NC(=O)C(CS)NC(=O)C(CCS)NC=O.NC(=O)C(CS)NC(=O)C(CCS)NC=O.NC(=O)C(CS)NC(=O)C(CCS)NC=O.[Y]. The van der Waals surface area contributed by atoms with Gasteiger partial charge < -0.3 is 64.9 Å². The summed E-state index contributed by atoms with van der Waals surface area (Å²) in [4.78, 5) is 131. The molecule has 32 heteroatoms. The van der Waals surface area contributed by atoms with Gasteiger partial charge in [0.25, 0.3) is 0 Å². The van der Waals surface area contributed by atoms with Crippen LogP contribution in [0, 0.1) is 5.92 Å². The Balaban J connectivity index is -0.0000000762. The summed E-state index contributed by atoms with van der Waals surface area (Å²) < 4.78 is 0. The van der Waals surface area contributed by atoms with Crippen molar-refractivity contribution in [3.8, 4) is 0 Å². The van der Waals surface area contributed by atoms with Gasteiger partial charge in [0, 0.05) is 68.1 Å². The Labute approximate surface area is 516 Å². The summed E-state index contributed by atoms with van der Waals surface area (Å²) in [7, 11) is 0. The van der Waals surface area contributed by atoms with Crippen molar-refractivity contribution in [1.82, 2.24) is 37.2 Å². The van der Waals surface area contributed by atoms with Crippen LogP contribution < -0.4 is 60.2 Å². The third-order valence-electron chi connectivity index (χ3n) is 7.61. The first kappa shape index (κ1) is 98.2. The number of nitrogens with two attached hydrogens (primary N) is 4. The second kappa shape index (κ2) is 73.8. The van der Waals surface area contributed by atoms with Crippen molar-refractivity contribution in [2.24, 2.45) is 28.9 Å². The minimum absolute atomic E-state index is 0. The fourth-order valence-electron chi connectivity index (χ4n) is 4.07. The van der Waals surface area contributed by atoms with Crippen LogP contribution in [-0.4, -0.2) is 161 Å². The predicted octanol–water partition coefficient (Wildman–Crippen LogP) is -0.252. The molecule has 0 fully saturated rings. The van der Waals surface area contributed by atoms with Crippen LogP contribution in [0.3, 0.4) is 0 Å². The molecule has 11 amide bonds. The van der Waals surface area contributed by atoms with Gasteiger partial charge in [-0.3, -0.25) is 52.7 Å². The molecule has 0 rings (SSSR count). The van der Waals surface area contributed by atoms with E-state index in [2.05, 4.69) is 138 Å². The van der Waals surface area contributed by atoms with Crippen molar-refractivity contribution in [2.75, 3.05) is 46.0 Å². The van der Waals surface area contributed by atoms with E-state index in [0.29, 0.717) is 74.2 Å². The molecule has 23 nitrogen and oxygen atoms in total. The zero-order valence-electron chi connectivity index (χ0n) is 43.0. The molecule has 15 N–H and O–H groups in total. The van der Waals surface area contributed by atoms with Gasteiger partial charge in [0.15, 0.2) is 0 Å². The van der Waals surface area contributed by atoms with E-state index in [0.717, 1.165) is 0 Å². The van der Waals surface area contributed by atoms with E-state index in [-0.39, 0.29) is 82.9 Å². The van der Waals surface area contributed by atoms with E-state index in [1.807, 2.05) is 55.4 Å². The molecule has 0 spiro atoms. The van der Waals surface area contributed by atoms with Crippen molar-refractivity contribution in [2.45, 2.75) is 145 Å². The van der Waals surface area contributed by atoms with Gasteiger partial charge in [-0.25, -0.2) is 0 Å². The first-order valence-corrected chi connectivity index (χ1v) is 27.6. The van der Waals surface area contributed by atoms with Crippen LogP contribution in [0.5, 0.6) is 0 Å². The number of carbonyl (C=O) groups excluding carboxylic acids is 12. The molecule has 8 atom stereocenters. The third kappa shape index (κ3) is 57.7. The minimum Gasteiger partial charge on any atom is -0.368 e. The van der Waals surface area contributed by atoms with Crippen LogP contribution in [0.1, 0.15) is 102 Å². The fourth-order valence-corrected chi connectivity index (χ4v) is 6.24. The quantitative estimate of drug-likeness (QED) is 0.0306. The Hall–Kier alpha value is -2.26. The second-order valence-electron chi connectivity index (χ2n) is 12.2. The van der Waals surface area contributed by atoms with Gasteiger partial charge in [0.05, 0.1) is 0 Å². The van der Waals surface area contributed by atoms with E-state index < -0.39 is 89.6 Å². The molecule has 0 saturated heterocycles. The van der Waals surface area contributed by atoms with Gasteiger partial charge in [0.1, 0.15) is 48.6 Å². The second-order valence-corrected chi connectivity index (χ2v) is 15.5. The van der Waals surface area contributed by atoms with Gasteiger partial charge in [-0.1, -0.05) is 70.2 Å². The summed E-state index contributed by atoms with van der Waals surface area (Å²) in [6.07, 6.45) is 3.64. The molecule has 0 aromatic carbocycles. The van der Waals surface area contributed by atoms with Gasteiger partial charge in [-0.05, 0) is 48.7 Å². The molecule has 443 valence electrons. The molecule has 0 bridgehead atoms. The monoisotopic (exact) mass is 1300 g/mol. The van der Waals surface area contributed by atoms with Gasteiger partial charge >= 0.3 is 0 Å². The Morgan fingerprint density at radius 1 is 0.373 bits per heavy atom. The first-order chi connectivity index (χ1) is 34.2. The average Bonchev–Trinajstić information content (AvgIpc) is 3.37. The van der Waals surface area contributed by atoms with E-state index in [1.54, 1.807) is 0 Å². The molecule has 0 aromatic heterocycles. The van der Waals surface area contributed by atoms with Gasteiger partial charge in [0.2, 0.25) is 66.5 Å². The average molecular weight is 1300 g/mol. The summed E-state index contributed by atoms with van der Waals surface area (Å²) >= 11 is 31.4. The van der Waals surface area contributed by atoms with E-state index in [1.165, 1.54) is 0 Å². The summed E-state index contributed by atoms with van der Waals surface area (Å²) in [5.41, 5.74) is 20.2. The molecule has 0 heterocycles. The maximum atomic E-state index is 11.7. The van der Waals surface area contributed by atoms with Crippen molar-refractivity contribution < 1.29 is 90.2 Å². The van der Waals surface area contributed by atoms with Crippen molar-refractivity contribution in [1.29, 1.82) is 0 Å². The zero-order valence-corrected chi connectivity index (χ0v) is 53.0. The molecule has 8 unspecified atom stereocenters.